The fraction of sp³-hybridized carbons (Fsp3) is 0.595. The van der Waals surface area contributed by atoms with Gasteiger partial charge in [-0.25, -0.2) is 15.0 Å². The van der Waals surface area contributed by atoms with E-state index in [1.54, 1.807) is 24.5 Å². The average molecular weight is 606 g/mol. The molecule has 7 heteroatoms. The molecule has 1 aliphatic carbocycles. The van der Waals surface area contributed by atoms with Gasteiger partial charge >= 0.3 is 5.92 Å². The van der Waals surface area contributed by atoms with Crippen LogP contribution in [0.1, 0.15) is 122 Å². The van der Waals surface area contributed by atoms with Gasteiger partial charge in [-0.15, -0.1) is 0 Å². The molecule has 2 aromatic heterocycles. The number of pyridine rings is 1. The van der Waals surface area contributed by atoms with Gasteiger partial charge in [0.05, 0.1) is 6.61 Å². The number of halogens is 2. The molecule has 1 aromatic carbocycles. The van der Waals surface area contributed by atoms with Crippen molar-refractivity contribution in [3.05, 3.63) is 54.5 Å². The predicted octanol–water partition coefficient (Wildman–Crippen LogP) is 10.7. The molecular formula is C37H49F2N3O2. The molecule has 0 bridgehead atoms. The third-order valence-corrected chi connectivity index (χ3v) is 8.96. The van der Waals surface area contributed by atoms with Gasteiger partial charge < -0.3 is 9.47 Å². The first-order valence-electron chi connectivity index (χ1n) is 17.2. The summed E-state index contributed by atoms with van der Waals surface area (Å²) in [5.41, 5.74) is 1.81. The Labute approximate surface area is 262 Å². The standard InChI is InChI=1S/C37H49F2N3O2/c1-2-3-4-5-11-14-25-43-31-21-19-29(20-22-31)30-26-40-36(41-27-30)32-23-24-33-35(42-32)37(38,39)34(44-33)16-13-10-8-6-7-9-12-15-28-17-18-28/h19-24,26-28,34H,2-18,25H2,1H3. The lowest BCUT2D eigenvalue weighted by molar-refractivity contribution is -0.0818. The smallest absolute Gasteiger partial charge is 0.329 e. The Bertz CT molecular complexity index is 1280. The van der Waals surface area contributed by atoms with Gasteiger partial charge in [0.1, 0.15) is 17.2 Å². The van der Waals surface area contributed by atoms with E-state index in [2.05, 4.69) is 21.9 Å². The number of rotatable bonds is 20. The topological polar surface area (TPSA) is 57.1 Å². The first kappa shape index (κ1) is 32.3. The van der Waals surface area contributed by atoms with Crippen LogP contribution in [0.3, 0.4) is 0 Å². The highest BCUT2D eigenvalue weighted by molar-refractivity contribution is 5.64. The molecule has 1 aliphatic heterocycles. The summed E-state index contributed by atoms with van der Waals surface area (Å²) in [6, 6.07) is 11.1. The van der Waals surface area contributed by atoms with E-state index >= 15 is 8.78 Å². The average Bonchev–Trinajstić information content (AvgIpc) is 3.84. The Morgan fingerprint density at radius 2 is 1.39 bits per heavy atom. The Balaban J connectivity index is 1.07. The minimum Gasteiger partial charge on any atom is -0.494 e. The van der Waals surface area contributed by atoms with Gasteiger partial charge in [-0.1, -0.05) is 109 Å². The van der Waals surface area contributed by atoms with Crippen LogP contribution in [-0.4, -0.2) is 27.7 Å². The molecule has 2 aliphatic rings. The lowest BCUT2D eigenvalue weighted by atomic mass is 10.0. The van der Waals surface area contributed by atoms with Crippen molar-refractivity contribution in [1.29, 1.82) is 0 Å². The summed E-state index contributed by atoms with van der Waals surface area (Å²) in [5.74, 6) is -0.799. The summed E-state index contributed by atoms with van der Waals surface area (Å²) in [5, 5.41) is 0. The molecule has 0 spiro atoms. The molecule has 1 fully saturated rings. The van der Waals surface area contributed by atoms with Crippen LogP contribution < -0.4 is 9.47 Å². The molecule has 1 unspecified atom stereocenters. The second-order valence-electron chi connectivity index (χ2n) is 12.7. The molecule has 44 heavy (non-hydrogen) atoms. The summed E-state index contributed by atoms with van der Waals surface area (Å²) >= 11 is 0. The lowest BCUT2D eigenvalue weighted by Crippen LogP contribution is -2.30. The highest BCUT2D eigenvalue weighted by Gasteiger charge is 2.52. The van der Waals surface area contributed by atoms with Crippen LogP contribution in [-0.2, 0) is 5.92 Å². The van der Waals surface area contributed by atoms with Crippen molar-refractivity contribution in [3.8, 4) is 34.1 Å². The summed E-state index contributed by atoms with van der Waals surface area (Å²) in [6.45, 7) is 2.95. The van der Waals surface area contributed by atoms with Crippen molar-refractivity contribution in [2.45, 2.75) is 128 Å². The van der Waals surface area contributed by atoms with E-state index in [0.717, 1.165) is 55.1 Å². The van der Waals surface area contributed by atoms with Crippen molar-refractivity contribution >= 4 is 0 Å². The zero-order valence-corrected chi connectivity index (χ0v) is 26.4. The second-order valence-corrected chi connectivity index (χ2v) is 12.7. The molecule has 0 N–H and O–H groups in total. The van der Waals surface area contributed by atoms with Gasteiger partial charge in [-0.2, -0.15) is 8.78 Å². The number of unbranched alkanes of at least 4 members (excludes halogenated alkanes) is 11. The maximum absolute atomic E-state index is 15.3. The fourth-order valence-corrected chi connectivity index (χ4v) is 6.00. The van der Waals surface area contributed by atoms with Gasteiger partial charge in [-0.05, 0) is 55.0 Å². The van der Waals surface area contributed by atoms with Gasteiger partial charge in [0.25, 0.3) is 0 Å². The Kier molecular flexibility index (Phi) is 12.0. The molecular weight excluding hydrogens is 556 g/mol. The largest absolute Gasteiger partial charge is 0.494 e. The van der Waals surface area contributed by atoms with Crippen LogP contribution in [0.15, 0.2) is 48.8 Å². The Morgan fingerprint density at radius 1 is 0.750 bits per heavy atom. The van der Waals surface area contributed by atoms with E-state index < -0.39 is 12.0 Å². The molecule has 5 rings (SSSR count). The molecule has 238 valence electrons. The lowest BCUT2D eigenvalue weighted by Gasteiger charge is -2.17. The minimum atomic E-state index is -3.13. The summed E-state index contributed by atoms with van der Waals surface area (Å²) < 4.78 is 42.2. The normalized spacial score (nSPS) is 16.9. The number of alkyl halides is 2. The van der Waals surface area contributed by atoms with Crippen molar-refractivity contribution in [2.75, 3.05) is 6.61 Å². The van der Waals surface area contributed by atoms with E-state index in [9.17, 15) is 0 Å². The van der Waals surface area contributed by atoms with Crippen LogP contribution in [0.25, 0.3) is 22.6 Å². The third kappa shape index (κ3) is 9.21. The van der Waals surface area contributed by atoms with E-state index in [1.807, 2.05) is 24.3 Å². The molecule has 3 aromatic rings. The minimum absolute atomic E-state index is 0.162. The molecule has 1 atom stereocenters. The molecule has 0 amide bonds. The maximum atomic E-state index is 15.3. The van der Waals surface area contributed by atoms with Gasteiger partial charge in [-0.3, -0.25) is 0 Å². The number of benzene rings is 1. The van der Waals surface area contributed by atoms with Crippen LogP contribution >= 0.6 is 0 Å². The summed E-state index contributed by atoms with van der Waals surface area (Å²) in [6.07, 6.45) is 22.1. The van der Waals surface area contributed by atoms with E-state index in [1.165, 1.54) is 77.0 Å². The van der Waals surface area contributed by atoms with Crippen molar-refractivity contribution in [3.63, 3.8) is 0 Å². The van der Waals surface area contributed by atoms with E-state index in [4.69, 9.17) is 9.47 Å². The number of hydrogen-bond donors (Lipinski definition) is 0. The van der Waals surface area contributed by atoms with Gasteiger partial charge in [0, 0.05) is 18.0 Å². The number of fused-ring (bicyclic) bond motifs is 1. The molecule has 0 saturated heterocycles. The quantitative estimate of drug-likeness (QED) is 0.120. The van der Waals surface area contributed by atoms with Gasteiger partial charge in [0.2, 0.25) is 0 Å². The van der Waals surface area contributed by atoms with E-state index in [0.29, 0.717) is 17.9 Å². The first-order valence-corrected chi connectivity index (χ1v) is 17.2. The molecule has 0 radical (unpaired) electrons. The number of ether oxygens (including phenoxy) is 2. The predicted molar refractivity (Wildman–Crippen MR) is 172 cm³/mol. The number of hydrogen-bond acceptors (Lipinski definition) is 5. The number of aromatic nitrogens is 3. The summed E-state index contributed by atoms with van der Waals surface area (Å²) in [4.78, 5) is 13.2. The highest BCUT2D eigenvalue weighted by Crippen LogP contribution is 2.46. The molecule has 5 nitrogen and oxygen atoms in total. The van der Waals surface area contributed by atoms with Crippen LogP contribution in [0.4, 0.5) is 8.78 Å². The zero-order chi connectivity index (χ0) is 30.6. The first-order chi connectivity index (χ1) is 21.5. The molecule has 1 saturated carbocycles. The highest BCUT2D eigenvalue weighted by atomic mass is 19.3. The van der Waals surface area contributed by atoms with Gasteiger partial charge in [0.15, 0.2) is 17.6 Å². The maximum Gasteiger partial charge on any atom is 0.329 e. The SMILES string of the molecule is CCCCCCCCOc1ccc(-c2cnc(-c3ccc4c(n3)C(F)(F)C(CCCCCCCCCC3CC3)O4)nc2)cc1. The molecule has 3 heterocycles. The van der Waals surface area contributed by atoms with Crippen molar-refractivity contribution in [1.82, 2.24) is 15.0 Å². The Hall–Kier alpha value is -3.09. The monoisotopic (exact) mass is 605 g/mol. The third-order valence-electron chi connectivity index (χ3n) is 8.96. The zero-order valence-electron chi connectivity index (χ0n) is 26.4. The van der Waals surface area contributed by atoms with Crippen LogP contribution in [0, 0.1) is 5.92 Å². The number of nitrogens with zero attached hydrogens (tertiary/aromatic N) is 3. The fourth-order valence-electron chi connectivity index (χ4n) is 6.00. The van der Waals surface area contributed by atoms with Crippen LogP contribution in [0.5, 0.6) is 11.5 Å². The van der Waals surface area contributed by atoms with Crippen LogP contribution in [0.2, 0.25) is 0 Å². The Morgan fingerprint density at radius 3 is 2.07 bits per heavy atom. The second kappa shape index (κ2) is 16.3. The van der Waals surface area contributed by atoms with E-state index in [-0.39, 0.29) is 11.4 Å². The summed E-state index contributed by atoms with van der Waals surface area (Å²) in [7, 11) is 0. The van der Waals surface area contributed by atoms with Crippen molar-refractivity contribution < 1.29 is 18.3 Å². The van der Waals surface area contributed by atoms with Crippen molar-refractivity contribution in [2.24, 2.45) is 5.92 Å².